The first kappa shape index (κ1) is 18.5. The first-order chi connectivity index (χ1) is 11.2. The van der Waals surface area contributed by atoms with Crippen LogP contribution in [0.3, 0.4) is 0 Å². The first-order valence-electron chi connectivity index (χ1n) is 8.77. The average Bonchev–Trinajstić information content (AvgIpc) is 2.89. The molecule has 0 spiro atoms. The minimum atomic E-state index is -0.226. The van der Waals surface area contributed by atoms with Gasteiger partial charge in [0, 0.05) is 18.5 Å². The molecule has 2 rings (SSSR count). The highest BCUT2D eigenvalue weighted by molar-refractivity contribution is 5.94. The van der Waals surface area contributed by atoms with Crippen LogP contribution in [0.4, 0.5) is 5.82 Å². The molecule has 1 saturated carbocycles. The predicted octanol–water partition coefficient (Wildman–Crippen LogP) is 3.52. The Kier molecular flexibility index (Phi) is 6.02. The summed E-state index contributed by atoms with van der Waals surface area (Å²) < 4.78 is 4.95. The summed E-state index contributed by atoms with van der Waals surface area (Å²) in [6.07, 6.45) is 5.85. The topological polar surface area (TPSA) is 75.4 Å². The minimum absolute atomic E-state index is 0.0564. The van der Waals surface area contributed by atoms with Crippen LogP contribution in [-0.2, 0) is 9.59 Å². The predicted molar refractivity (Wildman–Crippen MR) is 92.5 cm³/mol. The van der Waals surface area contributed by atoms with Gasteiger partial charge < -0.3 is 14.7 Å². The molecule has 24 heavy (non-hydrogen) atoms. The van der Waals surface area contributed by atoms with E-state index in [1.165, 1.54) is 6.42 Å². The summed E-state index contributed by atoms with van der Waals surface area (Å²) in [4.78, 5) is 26.9. The number of aromatic nitrogens is 1. The molecule has 1 N–H and O–H groups in total. The Labute approximate surface area is 143 Å². The fraction of sp³-hybridized carbons (Fsp3) is 0.722. The largest absolute Gasteiger partial charge is 0.360 e. The maximum Gasteiger partial charge on any atom is 0.245 e. The van der Waals surface area contributed by atoms with E-state index in [1.807, 2.05) is 20.8 Å². The van der Waals surface area contributed by atoms with Crippen LogP contribution < -0.4 is 5.32 Å². The first-order valence-corrected chi connectivity index (χ1v) is 8.77. The summed E-state index contributed by atoms with van der Waals surface area (Å²) in [6.45, 7) is 7.97. The minimum Gasteiger partial charge on any atom is -0.360 e. The van der Waals surface area contributed by atoms with Crippen molar-refractivity contribution in [3.05, 3.63) is 11.8 Å². The van der Waals surface area contributed by atoms with Crippen LogP contribution in [0.25, 0.3) is 0 Å². The van der Waals surface area contributed by atoms with Gasteiger partial charge >= 0.3 is 0 Å². The smallest absolute Gasteiger partial charge is 0.245 e. The lowest BCUT2D eigenvalue weighted by atomic mass is 9.89. The molecular weight excluding hydrogens is 306 g/mol. The lowest BCUT2D eigenvalue weighted by Crippen LogP contribution is -2.46. The van der Waals surface area contributed by atoms with Crippen LogP contribution in [0.5, 0.6) is 0 Å². The molecule has 1 aromatic rings. The van der Waals surface area contributed by atoms with Crippen molar-refractivity contribution in [3.63, 3.8) is 0 Å². The van der Waals surface area contributed by atoms with E-state index in [-0.39, 0.29) is 29.8 Å². The molecule has 134 valence electrons. The van der Waals surface area contributed by atoms with Crippen molar-refractivity contribution in [2.75, 3.05) is 11.9 Å². The SMILES string of the molecule is Cc1cc(NC(=O)CN(C(=O)CC(C)(C)C)C2CCCCC2)no1. The molecule has 1 heterocycles. The van der Waals surface area contributed by atoms with Gasteiger partial charge in [0.15, 0.2) is 5.82 Å². The second kappa shape index (κ2) is 7.81. The lowest BCUT2D eigenvalue weighted by Gasteiger charge is -2.35. The molecule has 0 radical (unpaired) electrons. The third kappa shape index (κ3) is 5.65. The normalized spacial score (nSPS) is 16.0. The van der Waals surface area contributed by atoms with E-state index in [0.29, 0.717) is 18.0 Å². The maximum absolute atomic E-state index is 12.8. The molecule has 1 fully saturated rings. The fourth-order valence-corrected chi connectivity index (χ4v) is 3.13. The number of carbonyl (C=O) groups excluding carboxylic acids is 2. The molecule has 2 amide bonds. The Hall–Kier alpha value is -1.85. The van der Waals surface area contributed by atoms with Crippen molar-refractivity contribution >= 4 is 17.6 Å². The Morgan fingerprint density at radius 2 is 1.96 bits per heavy atom. The van der Waals surface area contributed by atoms with Crippen LogP contribution >= 0.6 is 0 Å². The summed E-state index contributed by atoms with van der Waals surface area (Å²) in [5, 5.41) is 6.48. The Bertz CT molecular complexity index is 568. The number of rotatable bonds is 5. The third-order valence-electron chi connectivity index (χ3n) is 4.23. The van der Waals surface area contributed by atoms with E-state index in [1.54, 1.807) is 17.9 Å². The summed E-state index contributed by atoms with van der Waals surface area (Å²) in [7, 11) is 0. The summed E-state index contributed by atoms with van der Waals surface area (Å²) >= 11 is 0. The van der Waals surface area contributed by atoms with Gasteiger partial charge in [0.2, 0.25) is 11.8 Å². The average molecular weight is 335 g/mol. The van der Waals surface area contributed by atoms with Gasteiger partial charge in [-0.05, 0) is 25.2 Å². The van der Waals surface area contributed by atoms with Crippen molar-refractivity contribution in [2.24, 2.45) is 5.41 Å². The Morgan fingerprint density at radius 1 is 1.29 bits per heavy atom. The second-order valence-electron chi connectivity index (χ2n) is 7.92. The van der Waals surface area contributed by atoms with Gasteiger partial charge in [-0.1, -0.05) is 45.2 Å². The van der Waals surface area contributed by atoms with E-state index >= 15 is 0 Å². The number of hydrogen-bond donors (Lipinski definition) is 1. The van der Waals surface area contributed by atoms with Crippen LogP contribution in [0.15, 0.2) is 10.6 Å². The Balaban J connectivity index is 2.03. The highest BCUT2D eigenvalue weighted by Crippen LogP contribution is 2.26. The van der Waals surface area contributed by atoms with Crippen molar-refractivity contribution in [3.8, 4) is 0 Å². The van der Waals surface area contributed by atoms with Gasteiger partial charge in [-0.15, -0.1) is 0 Å². The molecule has 0 atom stereocenters. The number of amides is 2. The molecule has 1 aliphatic rings. The highest BCUT2D eigenvalue weighted by atomic mass is 16.5. The number of carbonyl (C=O) groups is 2. The molecule has 0 saturated heterocycles. The van der Waals surface area contributed by atoms with Crippen molar-refractivity contribution in [1.29, 1.82) is 0 Å². The van der Waals surface area contributed by atoms with Crippen LogP contribution in [-0.4, -0.2) is 34.5 Å². The number of aryl methyl sites for hydroxylation is 1. The number of hydrogen-bond acceptors (Lipinski definition) is 4. The van der Waals surface area contributed by atoms with E-state index in [2.05, 4.69) is 10.5 Å². The summed E-state index contributed by atoms with van der Waals surface area (Å²) in [5.74, 6) is 0.861. The van der Waals surface area contributed by atoms with E-state index in [4.69, 9.17) is 4.52 Å². The van der Waals surface area contributed by atoms with Crippen molar-refractivity contribution in [1.82, 2.24) is 10.1 Å². The van der Waals surface area contributed by atoms with Gasteiger partial charge in [-0.2, -0.15) is 0 Å². The zero-order valence-electron chi connectivity index (χ0n) is 15.2. The molecule has 1 aliphatic carbocycles. The van der Waals surface area contributed by atoms with Crippen LogP contribution in [0.2, 0.25) is 0 Å². The quantitative estimate of drug-likeness (QED) is 0.893. The second-order valence-corrected chi connectivity index (χ2v) is 7.92. The van der Waals surface area contributed by atoms with Crippen LogP contribution in [0, 0.1) is 12.3 Å². The summed E-state index contributed by atoms with van der Waals surface area (Å²) in [6, 6.07) is 1.83. The zero-order valence-corrected chi connectivity index (χ0v) is 15.2. The molecule has 6 nitrogen and oxygen atoms in total. The standard InChI is InChI=1S/C18H29N3O3/c1-13-10-15(20-24-13)19-16(22)12-21(14-8-6-5-7-9-14)17(23)11-18(2,3)4/h10,14H,5-9,11-12H2,1-4H3,(H,19,20,22). The number of anilines is 1. The molecule has 0 bridgehead atoms. The number of nitrogens with one attached hydrogen (secondary N) is 1. The van der Waals surface area contributed by atoms with Gasteiger partial charge in [-0.25, -0.2) is 0 Å². The third-order valence-corrected chi connectivity index (χ3v) is 4.23. The van der Waals surface area contributed by atoms with E-state index in [0.717, 1.165) is 25.7 Å². The van der Waals surface area contributed by atoms with Crippen LogP contribution in [0.1, 0.15) is 65.1 Å². The monoisotopic (exact) mass is 335 g/mol. The van der Waals surface area contributed by atoms with Gasteiger partial charge in [0.05, 0.1) is 0 Å². The van der Waals surface area contributed by atoms with E-state index < -0.39 is 0 Å². The fourth-order valence-electron chi connectivity index (χ4n) is 3.13. The number of nitrogens with zero attached hydrogens (tertiary/aromatic N) is 2. The molecule has 0 aromatic carbocycles. The summed E-state index contributed by atoms with van der Waals surface area (Å²) in [5.41, 5.74) is -0.0935. The molecule has 0 aliphatic heterocycles. The maximum atomic E-state index is 12.8. The van der Waals surface area contributed by atoms with Gasteiger partial charge in [0.25, 0.3) is 0 Å². The van der Waals surface area contributed by atoms with E-state index in [9.17, 15) is 9.59 Å². The lowest BCUT2D eigenvalue weighted by molar-refractivity contribution is -0.139. The molecule has 0 unspecified atom stereocenters. The van der Waals surface area contributed by atoms with Crippen molar-refractivity contribution in [2.45, 2.75) is 72.3 Å². The van der Waals surface area contributed by atoms with Crippen molar-refractivity contribution < 1.29 is 14.1 Å². The van der Waals surface area contributed by atoms with Gasteiger partial charge in [-0.3, -0.25) is 9.59 Å². The highest BCUT2D eigenvalue weighted by Gasteiger charge is 2.29. The Morgan fingerprint density at radius 3 is 2.50 bits per heavy atom. The zero-order chi connectivity index (χ0) is 17.7. The molecule has 6 heteroatoms. The van der Waals surface area contributed by atoms with Gasteiger partial charge in [0.1, 0.15) is 12.3 Å². The molecule has 1 aromatic heterocycles. The molecular formula is C18H29N3O3.